The van der Waals surface area contributed by atoms with E-state index in [0.29, 0.717) is 18.1 Å². The largest absolute Gasteiger partial charge is 0.350 e. The van der Waals surface area contributed by atoms with Gasteiger partial charge in [0.1, 0.15) is 23.7 Å². The van der Waals surface area contributed by atoms with Gasteiger partial charge in [0.25, 0.3) is 11.8 Å². The van der Waals surface area contributed by atoms with Crippen LogP contribution in [0, 0.1) is 12.7 Å². The summed E-state index contributed by atoms with van der Waals surface area (Å²) in [6, 6.07) is 13.1. The van der Waals surface area contributed by atoms with Gasteiger partial charge in [0.2, 0.25) is 5.91 Å². The molecule has 3 amide bonds. The van der Waals surface area contributed by atoms with Crippen LogP contribution in [0.4, 0.5) is 10.1 Å². The number of amides is 3. The fraction of sp³-hybridized carbons (Fsp3) is 0.231. The molecule has 0 aliphatic carbocycles. The van der Waals surface area contributed by atoms with Crippen LogP contribution in [0.2, 0.25) is 0 Å². The lowest BCUT2D eigenvalue weighted by atomic mass is 9.90. The van der Waals surface area contributed by atoms with Gasteiger partial charge in [0, 0.05) is 18.4 Å². The number of anilines is 1. The molecule has 34 heavy (non-hydrogen) atoms. The van der Waals surface area contributed by atoms with Crippen LogP contribution in [0.3, 0.4) is 0 Å². The quantitative estimate of drug-likeness (QED) is 0.718. The Bertz CT molecular complexity index is 1200. The molecule has 0 saturated heterocycles. The highest BCUT2D eigenvalue weighted by atomic mass is 19.1. The van der Waals surface area contributed by atoms with Crippen molar-refractivity contribution >= 4 is 29.2 Å². The predicted molar refractivity (Wildman–Crippen MR) is 127 cm³/mol. The van der Waals surface area contributed by atoms with Crippen molar-refractivity contribution in [2.75, 3.05) is 11.4 Å². The molecule has 0 radical (unpaired) electrons. The van der Waals surface area contributed by atoms with Crippen LogP contribution in [0.5, 0.6) is 0 Å². The summed E-state index contributed by atoms with van der Waals surface area (Å²) >= 11 is 0. The van der Waals surface area contributed by atoms with Crippen molar-refractivity contribution in [2.24, 2.45) is 4.99 Å². The van der Waals surface area contributed by atoms with E-state index < -0.39 is 23.2 Å². The summed E-state index contributed by atoms with van der Waals surface area (Å²) in [6.45, 7) is 3.64. The highest BCUT2D eigenvalue weighted by Gasteiger charge is 2.47. The molecule has 2 aromatic rings. The first-order valence-electron chi connectivity index (χ1n) is 10.9. The van der Waals surface area contributed by atoms with Gasteiger partial charge < -0.3 is 15.1 Å². The first kappa shape index (κ1) is 23.1. The Balaban J connectivity index is 1.59. The average Bonchev–Trinajstić information content (AvgIpc) is 2.82. The van der Waals surface area contributed by atoms with Crippen molar-refractivity contribution in [3.8, 4) is 0 Å². The molecule has 0 saturated carbocycles. The number of nitrogens with one attached hydrogen (secondary N) is 1. The van der Waals surface area contributed by atoms with Gasteiger partial charge in [-0.1, -0.05) is 35.9 Å². The highest BCUT2D eigenvalue weighted by molar-refractivity contribution is 6.13. The summed E-state index contributed by atoms with van der Waals surface area (Å²) in [6.07, 6.45) is 6.66. The van der Waals surface area contributed by atoms with Crippen LogP contribution in [0.15, 0.2) is 78.0 Å². The molecule has 0 aromatic heterocycles. The number of aliphatic imine (C=N–C) groups is 1. The van der Waals surface area contributed by atoms with Gasteiger partial charge in [-0.15, -0.1) is 0 Å². The van der Waals surface area contributed by atoms with Crippen LogP contribution >= 0.6 is 0 Å². The van der Waals surface area contributed by atoms with Crippen molar-refractivity contribution in [1.82, 2.24) is 10.2 Å². The second kappa shape index (κ2) is 9.43. The van der Waals surface area contributed by atoms with Crippen LogP contribution < -0.4 is 10.2 Å². The number of rotatable bonds is 6. The van der Waals surface area contributed by atoms with Gasteiger partial charge >= 0.3 is 0 Å². The fourth-order valence-corrected chi connectivity index (χ4v) is 3.97. The van der Waals surface area contributed by atoms with Crippen LogP contribution in [-0.4, -0.2) is 40.5 Å². The van der Waals surface area contributed by atoms with Crippen molar-refractivity contribution < 1.29 is 18.8 Å². The van der Waals surface area contributed by atoms with E-state index >= 15 is 0 Å². The van der Waals surface area contributed by atoms with Gasteiger partial charge in [0.15, 0.2) is 0 Å². The summed E-state index contributed by atoms with van der Waals surface area (Å²) in [7, 11) is 0. The number of amidine groups is 1. The zero-order valence-corrected chi connectivity index (χ0v) is 19.0. The lowest BCUT2D eigenvalue weighted by molar-refractivity contribution is -0.133. The van der Waals surface area contributed by atoms with Gasteiger partial charge in [0.05, 0.1) is 6.42 Å². The number of allylic oxidation sites excluding steroid dienone is 2. The van der Waals surface area contributed by atoms with E-state index in [1.807, 2.05) is 31.2 Å². The predicted octanol–water partition coefficient (Wildman–Crippen LogP) is 3.26. The molecule has 0 unspecified atom stereocenters. The third-order valence-corrected chi connectivity index (χ3v) is 5.86. The van der Waals surface area contributed by atoms with E-state index in [4.69, 9.17) is 0 Å². The minimum atomic E-state index is -1.30. The zero-order valence-electron chi connectivity index (χ0n) is 19.0. The Labute approximate surface area is 197 Å². The fourth-order valence-electron chi connectivity index (χ4n) is 3.97. The first-order valence-corrected chi connectivity index (χ1v) is 10.9. The second-order valence-electron chi connectivity index (χ2n) is 8.52. The summed E-state index contributed by atoms with van der Waals surface area (Å²) in [5.74, 6) is -1.38. The number of halogens is 1. The third kappa shape index (κ3) is 4.80. The zero-order chi connectivity index (χ0) is 24.3. The lowest BCUT2D eigenvalue weighted by Crippen LogP contribution is -2.61. The molecule has 2 aliphatic rings. The summed E-state index contributed by atoms with van der Waals surface area (Å²) < 4.78 is 13.6. The van der Waals surface area contributed by atoms with Crippen molar-refractivity contribution in [3.63, 3.8) is 0 Å². The lowest BCUT2D eigenvalue weighted by Gasteiger charge is -2.44. The average molecular weight is 461 g/mol. The molecule has 174 valence electrons. The van der Waals surface area contributed by atoms with Crippen molar-refractivity contribution in [1.29, 1.82) is 0 Å². The van der Waals surface area contributed by atoms with Crippen LogP contribution in [-0.2, 0) is 20.9 Å². The summed E-state index contributed by atoms with van der Waals surface area (Å²) in [5.41, 5.74) is 1.09. The van der Waals surface area contributed by atoms with Gasteiger partial charge in [-0.05, 0) is 55.8 Å². The monoisotopic (exact) mass is 460 g/mol. The molecule has 2 aromatic carbocycles. The molecule has 2 aliphatic heterocycles. The van der Waals surface area contributed by atoms with Crippen LogP contribution in [0.25, 0.3) is 0 Å². The van der Waals surface area contributed by atoms with E-state index in [2.05, 4.69) is 10.3 Å². The maximum Gasteiger partial charge on any atom is 0.254 e. The first-order chi connectivity index (χ1) is 16.3. The third-order valence-electron chi connectivity index (χ3n) is 5.86. The molecule has 1 atom stereocenters. The topological polar surface area (TPSA) is 82.1 Å². The summed E-state index contributed by atoms with van der Waals surface area (Å²) in [4.78, 5) is 46.1. The maximum absolute atomic E-state index is 13.9. The minimum absolute atomic E-state index is 0.157. The number of hydrogen-bond donors (Lipinski definition) is 1. The SMILES string of the molecule is Cc1ccc(CNC(=O)CN(C(=O)[C@]2(C)CC(=O)N=C3C=CC=CN32)c2ccc(F)cc2)cc1. The van der Waals surface area contributed by atoms with Gasteiger partial charge in [-0.2, -0.15) is 4.99 Å². The number of carbonyl (C=O) groups excluding carboxylic acids is 3. The Morgan fingerprint density at radius 2 is 1.82 bits per heavy atom. The number of fused-ring (bicyclic) bond motifs is 1. The highest BCUT2D eigenvalue weighted by Crippen LogP contribution is 2.31. The summed E-state index contributed by atoms with van der Waals surface area (Å²) in [5, 5.41) is 2.83. The number of benzene rings is 2. The molecule has 8 heteroatoms. The molecule has 7 nitrogen and oxygen atoms in total. The molecular weight excluding hydrogens is 435 g/mol. The Kier molecular flexibility index (Phi) is 6.40. The smallest absolute Gasteiger partial charge is 0.254 e. The van der Waals surface area contributed by atoms with E-state index in [1.54, 1.807) is 36.3 Å². The van der Waals surface area contributed by atoms with Crippen molar-refractivity contribution in [2.45, 2.75) is 32.4 Å². The van der Waals surface area contributed by atoms with Gasteiger partial charge in [-0.25, -0.2) is 4.39 Å². The second-order valence-corrected chi connectivity index (χ2v) is 8.52. The maximum atomic E-state index is 13.9. The minimum Gasteiger partial charge on any atom is -0.350 e. The number of nitrogens with zero attached hydrogens (tertiary/aromatic N) is 3. The molecular formula is C26H25FN4O3. The molecule has 1 N–H and O–H groups in total. The molecule has 0 spiro atoms. The molecule has 0 fully saturated rings. The van der Waals surface area contributed by atoms with Crippen molar-refractivity contribution in [3.05, 3.63) is 89.9 Å². The van der Waals surface area contributed by atoms with E-state index in [1.165, 1.54) is 29.2 Å². The normalized spacial score (nSPS) is 18.9. The Morgan fingerprint density at radius 1 is 1.12 bits per heavy atom. The van der Waals surface area contributed by atoms with E-state index in [-0.39, 0.29) is 18.9 Å². The van der Waals surface area contributed by atoms with E-state index in [0.717, 1.165) is 11.1 Å². The van der Waals surface area contributed by atoms with E-state index in [9.17, 15) is 18.8 Å². The molecule has 4 rings (SSSR count). The standard InChI is InChI=1S/C26H25FN4O3/c1-18-6-8-19(9-7-18)16-28-24(33)17-30(21-12-10-20(27)11-13-21)25(34)26(2)15-23(32)29-22-5-3-4-14-31(22)26/h3-14H,15-17H2,1-2H3,(H,28,33)/t26-/m0/s1. The Hall–Kier alpha value is -4.07. The van der Waals surface area contributed by atoms with Crippen LogP contribution in [0.1, 0.15) is 24.5 Å². The number of carbonyl (C=O) groups is 3. The molecule has 2 heterocycles. The Morgan fingerprint density at radius 3 is 2.53 bits per heavy atom. The molecule has 0 bridgehead atoms. The number of hydrogen-bond acceptors (Lipinski definition) is 4. The number of aryl methyl sites for hydroxylation is 1. The van der Waals surface area contributed by atoms with Gasteiger partial charge in [-0.3, -0.25) is 14.4 Å².